The molecule has 1 N–H and O–H groups in total. The van der Waals surface area contributed by atoms with Gasteiger partial charge in [-0.1, -0.05) is 25.0 Å². The third kappa shape index (κ3) is 4.76. The van der Waals surface area contributed by atoms with Crippen LogP contribution in [0.4, 0.5) is 0 Å². The zero-order valence-corrected chi connectivity index (χ0v) is 20.6. The molecule has 1 unspecified atom stereocenters. The Morgan fingerprint density at radius 3 is 2.80 bits per heavy atom. The Morgan fingerprint density at radius 1 is 1.33 bits per heavy atom. The van der Waals surface area contributed by atoms with Crippen molar-refractivity contribution in [2.24, 2.45) is 12.0 Å². The first-order chi connectivity index (χ1) is 14.1. The summed E-state index contributed by atoms with van der Waals surface area (Å²) in [6, 6.07) is 8.61. The molecule has 1 saturated carbocycles. The van der Waals surface area contributed by atoms with Gasteiger partial charge < -0.3 is 15.0 Å². The van der Waals surface area contributed by atoms with Crippen LogP contribution in [-0.2, 0) is 12.5 Å². The van der Waals surface area contributed by atoms with Crippen molar-refractivity contribution in [1.29, 1.82) is 0 Å². The maximum Gasteiger partial charge on any atom is 0.193 e. The first-order valence-corrected chi connectivity index (χ1v) is 10.7. The van der Waals surface area contributed by atoms with Crippen LogP contribution >= 0.6 is 24.0 Å². The van der Waals surface area contributed by atoms with E-state index in [1.807, 2.05) is 31.0 Å². The number of benzene rings is 1. The number of aromatic nitrogens is 2. The summed E-state index contributed by atoms with van der Waals surface area (Å²) in [6.45, 7) is 2.95. The van der Waals surface area contributed by atoms with Crippen LogP contribution < -0.4 is 10.1 Å². The lowest BCUT2D eigenvalue weighted by Gasteiger charge is -2.32. The highest BCUT2D eigenvalue weighted by molar-refractivity contribution is 14.0. The Kier molecular flexibility index (Phi) is 7.65. The number of rotatable bonds is 5. The minimum absolute atomic E-state index is 0. The summed E-state index contributed by atoms with van der Waals surface area (Å²) >= 11 is 0. The highest BCUT2D eigenvalue weighted by Gasteiger charge is 2.37. The zero-order chi connectivity index (χ0) is 20.3. The Balaban J connectivity index is 0.00000256. The van der Waals surface area contributed by atoms with Crippen LogP contribution in [0.25, 0.3) is 0 Å². The summed E-state index contributed by atoms with van der Waals surface area (Å²) in [7, 11) is 5.62. The van der Waals surface area contributed by atoms with Gasteiger partial charge in [0.1, 0.15) is 5.75 Å². The van der Waals surface area contributed by atoms with Crippen molar-refractivity contribution in [2.45, 2.75) is 43.4 Å². The van der Waals surface area contributed by atoms with Crippen molar-refractivity contribution in [3.05, 3.63) is 47.8 Å². The fraction of sp³-hybridized carbons (Fsp3) is 0.565. The first-order valence-electron chi connectivity index (χ1n) is 10.7. The van der Waals surface area contributed by atoms with Crippen LogP contribution in [0.1, 0.15) is 49.1 Å². The lowest BCUT2D eigenvalue weighted by molar-refractivity contribution is 0.398. The molecule has 2 fully saturated rings. The third-order valence-corrected chi connectivity index (χ3v) is 6.72. The molecule has 30 heavy (non-hydrogen) atoms. The van der Waals surface area contributed by atoms with Gasteiger partial charge in [-0.3, -0.25) is 9.67 Å². The molecule has 4 rings (SSSR count). The normalized spacial score (nSPS) is 20.8. The molecule has 2 aromatic rings. The van der Waals surface area contributed by atoms with E-state index in [0.717, 1.165) is 37.8 Å². The van der Waals surface area contributed by atoms with Crippen molar-refractivity contribution in [3.63, 3.8) is 0 Å². The monoisotopic (exact) mass is 523 g/mol. The van der Waals surface area contributed by atoms with Crippen LogP contribution in [0.2, 0.25) is 0 Å². The molecule has 164 valence electrons. The van der Waals surface area contributed by atoms with E-state index in [1.54, 1.807) is 7.11 Å². The number of guanidine groups is 1. The maximum atomic E-state index is 5.48. The number of aliphatic imine (C=N–C) groups is 1. The number of nitrogens with one attached hydrogen (secondary N) is 1. The van der Waals surface area contributed by atoms with Gasteiger partial charge in [0.05, 0.1) is 13.3 Å². The number of hydrogen-bond donors (Lipinski definition) is 1. The molecule has 1 saturated heterocycles. The summed E-state index contributed by atoms with van der Waals surface area (Å²) in [5.74, 6) is 2.49. The van der Waals surface area contributed by atoms with Crippen molar-refractivity contribution in [2.75, 3.05) is 33.8 Å². The highest BCUT2D eigenvalue weighted by atomic mass is 127. The highest BCUT2D eigenvalue weighted by Crippen LogP contribution is 2.41. The van der Waals surface area contributed by atoms with E-state index in [1.165, 1.54) is 36.8 Å². The topological polar surface area (TPSA) is 54.7 Å². The van der Waals surface area contributed by atoms with Crippen molar-refractivity contribution in [1.82, 2.24) is 20.0 Å². The van der Waals surface area contributed by atoms with Gasteiger partial charge >= 0.3 is 0 Å². The molecule has 7 heteroatoms. The largest absolute Gasteiger partial charge is 0.497 e. The van der Waals surface area contributed by atoms with Gasteiger partial charge in [-0.25, -0.2) is 0 Å². The average Bonchev–Trinajstić information content (AvgIpc) is 3.50. The maximum absolute atomic E-state index is 5.48. The Hall–Kier alpha value is -1.77. The zero-order valence-electron chi connectivity index (χ0n) is 18.3. The van der Waals surface area contributed by atoms with Crippen LogP contribution in [0.15, 0.2) is 41.7 Å². The number of likely N-dealkylation sites (tertiary alicyclic amines) is 1. The lowest BCUT2D eigenvalue weighted by atomic mass is 9.78. The molecule has 1 aromatic heterocycles. The van der Waals surface area contributed by atoms with E-state index in [-0.39, 0.29) is 29.4 Å². The Morgan fingerprint density at radius 2 is 2.13 bits per heavy atom. The Bertz CT molecular complexity index is 859. The predicted molar refractivity (Wildman–Crippen MR) is 132 cm³/mol. The molecular formula is C23H34IN5O. The van der Waals surface area contributed by atoms with E-state index >= 15 is 0 Å². The smallest absolute Gasteiger partial charge is 0.193 e. The molecule has 1 aliphatic heterocycles. The quantitative estimate of drug-likeness (QED) is 0.367. The van der Waals surface area contributed by atoms with Crippen molar-refractivity contribution < 1.29 is 4.74 Å². The third-order valence-electron chi connectivity index (χ3n) is 6.72. The van der Waals surface area contributed by atoms with E-state index in [9.17, 15) is 0 Å². The Labute approximate surface area is 197 Å². The van der Waals surface area contributed by atoms with E-state index < -0.39 is 0 Å². The van der Waals surface area contributed by atoms with Crippen molar-refractivity contribution >= 4 is 29.9 Å². The van der Waals surface area contributed by atoms with Crippen LogP contribution in [0, 0.1) is 0 Å². The summed E-state index contributed by atoms with van der Waals surface area (Å²) in [6.07, 6.45) is 10.3. The van der Waals surface area contributed by atoms with Crippen LogP contribution in [0.3, 0.4) is 0 Å². The molecule has 6 nitrogen and oxygen atoms in total. The molecule has 1 aromatic carbocycles. The van der Waals surface area contributed by atoms with E-state index in [4.69, 9.17) is 4.74 Å². The standard InChI is InChI=1S/C23H33N5O.HI/c1-24-22(28-12-9-18(16-28)19-14-26-27(2)15-19)25-17-23(10-4-5-11-23)20-7-6-8-21(13-20)29-3;/h6-8,13-15,18H,4-5,9-12,16-17H2,1-3H3,(H,24,25);1H. The first kappa shape index (κ1) is 22.9. The summed E-state index contributed by atoms with van der Waals surface area (Å²) in [4.78, 5) is 7.00. The van der Waals surface area contributed by atoms with Crippen LogP contribution in [-0.4, -0.2) is 54.4 Å². The summed E-state index contributed by atoms with van der Waals surface area (Å²) in [5, 5.41) is 8.06. The molecule has 1 aliphatic carbocycles. The molecule has 0 radical (unpaired) electrons. The number of nitrogens with zero attached hydrogens (tertiary/aromatic N) is 4. The van der Waals surface area contributed by atoms with Gasteiger partial charge in [0.25, 0.3) is 0 Å². The van der Waals surface area contributed by atoms with Gasteiger partial charge in [-0.05, 0) is 42.5 Å². The van der Waals surface area contributed by atoms with Gasteiger partial charge in [0.15, 0.2) is 5.96 Å². The number of methoxy groups -OCH3 is 1. The molecule has 0 amide bonds. The number of aryl methyl sites for hydroxylation is 1. The molecule has 1 atom stereocenters. The number of hydrogen-bond acceptors (Lipinski definition) is 3. The SMILES string of the molecule is CN=C(NCC1(c2cccc(OC)c2)CCCC1)N1CCC(c2cnn(C)c2)C1.I. The van der Waals surface area contributed by atoms with Gasteiger partial charge in [0, 0.05) is 51.3 Å². The fourth-order valence-electron chi connectivity index (χ4n) is 5.03. The average molecular weight is 523 g/mol. The van der Waals surface area contributed by atoms with Gasteiger partial charge in [-0.2, -0.15) is 5.10 Å². The molecule has 2 aliphatic rings. The van der Waals surface area contributed by atoms with Gasteiger partial charge in [-0.15, -0.1) is 24.0 Å². The second-order valence-electron chi connectivity index (χ2n) is 8.50. The molecule has 0 spiro atoms. The second kappa shape index (κ2) is 10.0. The van der Waals surface area contributed by atoms with Gasteiger partial charge in [0.2, 0.25) is 0 Å². The molecular weight excluding hydrogens is 489 g/mol. The summed E-state index contributed by atoms with van der Waals surface area (Å²) in [5.41, 5.74) is 2.87. The summed E-state index contributed by atoms with van der Waals surface area (Å²) < 4.78 is 7.38. The van der Waals surface area contributed by atoms with Crippen LogP contribution in [0.5, 0.6) is 5.75 Å². The lowest BCUT2D eigenvalue weighted by Crippen LogP contribution is -2.46. The number of halogens is 1. The van der Waals surface area contributed by atoms with E-state index in [0.29, 0.717) is 5.92 Å². The van der Waals surface area contributed by atoms with Crippen molar-refractivity contribution in [3.8, 4) is 5.75 Å². The molecule has 2 heterocycles. The second-order valence-corrected chi connectivity index (χ2v) is 8.50. The minimum atomic E-state index is 0. The minimum Gasteiger partial charge on any atom is -0.497 e. The fourth-order valence-corrected chi connectivity index (χ4v) is 5.03. The molecule has 0 bridgehead atoms. The van der Waals surface area contributed by atoms with E-state index in [2.05, 4.69) is 44.7 Å². The number of ether oxygens (including phenoxy) is 1. The predicted octanol–water partition coefficient (Wildman–Crippen LogP) is 3.92.